The van der Waals surface area contributed by atoms with Gasteiger partial charge in [0.2, 0.25) is 5.91 Å². The maximum Gasteiger partial charge on any atom is 0.230 e. The van der Waals surface area contributed by atoms with Crippen molar-refractivity contribution >= 4 is 50.3 Å². The molecule has 29 heavy (non-hydrogen) atoms. The van der Waals surface area contributed by atoms with Gasteiger partial charge in [0.25, 0.3) is 0 Å². The summed E-state index contributed by atoms with van der Waals surface area (Å²) in [5, 5.41) is 10.1. The van der Waals surface area contributed by atoms with Crippen LogP contribution in [0.3, 0.4) is 0 Å². The molecular weight excluding hydrogens is 475 g/mol. The number of thiophene rings is 1. The van der Waals surface area contributed by atoms with Crippen LogP contribution in [0.1, 0.15) is 14.8 Å². The first-order valence-electron chi connectivity index (χ1n) is 8.75. The fraction of sp³-hybridized carbons (Fsp3) is 0.150. The zero-order valence-electron chi connectivity index (χ0n) is 15.4. The van der Waals surface area contributed by atoms with E-state index in [2.05, 4.69) is 31.3 Å². The number of thiazole rings is 1. The Hall–Kier alpha value is -2.36. The Labute approximate surface area is 183 Å². The molecule has 4 rings (SSSR count). The molecule has 1 N–H and O–H groups in total. The van der Waals surface area contributed by atoms with Crippen LogP contribution < -0.4 is 5.32 Å². The van der Waals surface area contributed by atoms with E-state index >= 15 is 0 Å². The SMILES string of the molecule is Cc1nc(-c2ccc(F)cc2)c(CC(=O)Nc2ccnn2Cc2cc(Br)cs2)s1. The summed E-state index contributed by atoms with van der Waals surface area (Å²) in [6.07, 6.45) is 1.85. The molecule has 0 unspecified atom stereocenters. The van der Waals surface area contributed by atoms with Crippen LogP contribution >= 0.6 is 38.6 Å². The fourth-order valence-electron chi connectivity index (χ4n) is 2.90. The van der Waals surface area contributed by atoms with Crippen LogP contribution in [-0.2, 0) is 17.8 Å². The number of amides is 1. The monoisotopic (exact) mass is 490 g/mol. The summed E-state index contributed by atoms with van der Waals surface area (Å²) in [5.41, 5.74) is 1.52. The lowest BCUT2D eigenvalue weighted by molar-refractivity contribution is -0.115. The molecule has 3 heterocycles. The van der Waals surface area contributed by atoms with E-state index in [1.165, 1.54) is 23.5 Å². The van der Waals surface area contributed by atoms with Gasteiger partial charge >= 0.3 is 0 Å². The minimum Gasteiger partial charge on any atom is -0.311 e. The molecule has 0 fully saturated rings. The number of aromatic nitrogens is 3. The summed E-state index contributed by atoms with van der Waals surface area (Å²) in [5.74, 6) is 0.196. The van der Waals surface area contributed by atoms with Gasteiger partial charge in [0.1, 0.15) is 11.6 Å². The van der Waals surface area contributed by atoms with Crippen molar-refractivity contribution in [2.45, 2.75) is 19.9 Å². The molecule has 1 aromatic carbocycles. The second-order valence-corrected chi connectivity index (χ2v) is 9.54. The largest absolute Gasteiger partial charge is 0.311 e. The van der Waals surface area contributed by atoms with Gasteiger partial charge < -0.3 is 5.32 Å². The number of anilines is 1. The van der Waals surface area contributed by atoms with Crippen molar-refractivity contribution in [1.29, 1.82) is 0 Å². The fourth-order valence-corrected chi connectivity index (χ4v) is 5.29. The third kappa shape index (κ3) is 4.80. The highest BCUT2D eigenvalue weighted by Gasteiger charge is 2.16. The Morgan fingerprint density at radius 2 is 2.07 bits per heavy atom. The van der Waals surface area contributed by atoms with Gasteiger partial charge in [0, 0.05) is 31.2 Å². The number of benzene rings is 1. The number of carbonyl (C=O) groups is 1. The van der Waals surface area contributed by atoms with E-state index in [1.807, 2.05) is 18.4 Å². The van der Waals surface area contributed by atoms with Crippen molar-refractivity contribution in [2.24, 2.45) is 0 Å². The first kappa shape index (κ1) is 19.9. The van der Waals surface area contributed by atoms with E-state index in [-0.39, 0.29) is 18.1 Å². The average Bonchev–Trinajstić information content (AvgIpc) is 3.38. The second kappa shape index (κ2) is 8.56. The first-order chi connectivity index (χ1) is 14.0. The zero-order chi connectivity index (χ0) is 20.4. The predicted molar refractivity (Wildman–Crippen MR) is 118 cm³/mol. The van der Waals surface area contributed by atoms with Gasteiger partial charge in [-0.3, -0.25) is 4.79 Å². The Kier molecular flexibility index (Phi) is 5.89. The molecule has 0 radical (unpaired) electrons. The quantitative estimate of drug-likeness (QED) is 0.387. The third-order valence-corrected chi connectivity index (χ3v) is 6.81. The normalized spacial score (nSPS) is 11.0. The summed E-state index contributed by atoms with van der Waals surface area (Å²) in [6, 6.07) is 9.97. The van der Waals surface area contributed by atoms with E-state index in [0.717, 1.165) is 30.5 Å². The minimum atomic E-state index is -0.300. The highest BCUT2D eigenvalue weighted by atomic mass is 79.9. The molecule has 0 aliphatic carbocycles. The maximum absolute atomic E-state index is 13.2. The molecule has 1 amide bonds. The van der Waals surface area contributed by atoms with Crippen molar-refractivity contribution in [3.05, 3.63) is 73.0 Å². The zero-order valence-corrected chi connectivity index (χ0v) is 18.6. The number of carbonyl (C=O) groups excluding carboxylic acids is 1. The minimum absolute atomic E-state index is 0.147. The Balaban J connectivity index is 1.49. The molecule has 0 aliphatic rings. The number of halogens is 2. The highest BCUT2D eigenvalue weighted by molar-refractivity contribution is 9.10. The van der Waals surface area contributed by atoms with Crippen molar-refractivity contribution in [2.75, 3.05) is 5.32 Å². The van der Waals surface area contributed by atoms with E-state index in [1.54, 1.807) is 40.4 Å². The van der Waals surface area contributed by atoms with Crippen molar-refractivity contribution < 1.29 is 9.18 Å². The van der Waals surface area contributed by atoms with Crippen LogP contribution in [0.25, 0.3) is 11.3 Å². The number of hydrogen-bond acceptors (Lipinski definition) is 5. The predicted octanol–water partition coefficient (Wildman–Crippen LogP) is 5.51. The molecule has 0 atom stereocenters. The van der Waals surface area contributed by atoms with Crippen LogP contribution in [-0.4, -0.2) is 20.7 Å². The van der Waals surface area contributed by atoms with Crippen LogP contribution in [0.4, 0.5) is 10.2 Å². The topological polar surface area (TPSA) is 59.8 Å². The average molecular weight is 491 g/mol. The summed E-state index contributed by atoms with van der Waals surface area (Å²) in [6.45, 7) is 2.48. The Morgan fingerprint density at radius 3 is 2.79 bits per heavy atom. The van der Waals surface area contributed by atoms with E-state index in [0.29, 0.717) is 12.4 Å². The standard InChI is InChI=1S/C20H16BrFN4OS2/c1-12-24-20(13-2-4-15(22)5-3-13)17(29-12)9-19(27)25-18-6-7-23-26(18)10-16-8-14(21)11-28-16/h2-8,11H,9-10H2,1H3,(H,25,27). The Morgan fingerprint density at radius 1 is 1.28 bits per heavy atom. The molecule has 0 spiro atoms. The van der Waals surface area contributed by atoms with E-state index in [9.17, 15) is 9.18 Å². The lowest BCUT2D eigenvalue weighted by atomic mass is 10.1. The molecular formula is C20H16BrFN4OS2. The van der Waals surface area contributed by atoms with E-state index < -0.39 is 0 Å². The number of nitrogens with one attached hydrogen (secondary N) is 1. The molecule has 0 bridgehead atoms. The number of rotatable bonds is 6. The summed E-state index contributed by atoms with van der Waals surface area (Å²) in [4.78, 5) is 19.2. The molecule has 0 saturated heterocycles. The molecule has 148 valence electrons. The van der Waals surface area contributed by atoms with Crippen molar-refractivity contribution in [3.8, 4) is 11.3 Å². The summed E-state index contributed by atoms with van der Waals surface area (Å²) >= 11 is 6.55. The van der Waals surface area contributed by atoms with Gasteiger partial charge in [0.05, 0.1) is 29.9 Å². The van der Waals surface area contributed by atoms with Crippen LogP contribution in [0.5, 0.6) is 0 Å². The molecule has 4 aromatic rings. The van der Waals surface area contributed by atoms with Gasteiger partial charge in [-0.1, -0.05) is 0 Å². The third-order valence-electron chi connectivity index (χ3n) is 4.15. The summed E-state index contributed by atoms with van der Waals surface area (Å²) < 4.78 is 16.0. The first-order valence-corrected chi connectivity index (χ1v) is 11.2. The smallest absolute Gasteiger partial charge is 0.230 e. The molecule has 0 aliphatic heterocycles. The molecule has 3 aromatic heterocycles. The van der Waals surface area contributed by atoms with Crippen LogP contribution in [0.2, 0.25) is 0 Å². The Bertz CT molecular complexity index is 1150. The van der Waals surface area contributed by atoms with Gasteiger partial charge in [-0.25, -0.2) is 14.1 Å². The summed E-state index contributed by atoms with van der Waals surface area (Å²) in [7, 11) is 0. The van der Waals surface area contributed by atoms with E-state index in [4.69, 9.17) is 0 Å². The highest BCUT2D eigenvalue weighted by Crippen LogP contribution is 2.29. The maximum atomic E-state index is 13.2. The second-order valence-electron chi connectivity index (χ2n) is 6.34. The van der Waals surface area contributed by atoms with Gasteiger partial charge in [0.15, 0.2) is 0 Å². The lowest BCUT2D eigenvalue weighted by Gasteiger charge is -2.08. The number of aryl methyl sites for hydroxylation is 1. The number of nitrogens with zero attached hydrogens (tertiary/aromatic N) is 3. The van der Waals surface area contributed by atoms with Crippen LogP contribution in [0.15, 0.2) is 52.4 Å². The van der Waals surface area contributed by atoms with Gasteiger partial charge in [-0.2, -0.15) is 5.10 Å². The van der Waals surface area contributed by atoms with Crippen molar-refractivity contribution in [1.82, 2.24) is 14.8 Å². The van der Waals surface area contributed by atoms with Gasteiger partial charge in [-0.15, -0.1) is 22.7 Å². The molecule has 9 heteroatoms. The lowest BCUT2D eigenvalue weighted by Crippen LogP contribution is -2.17. The molecule has 5 nitrogen and oxygen atoms in total. The number of hydrogen-bond donors (Lipinski definition) is 1. The molecule has 0 saturated carbocycles. The van der Waals surface area contributed by atoms with Crippen molar-refractivity contribution in [3.63, 3.8) is 0 Å². The van der Waals surface area contributed by atoms with Crippen LogP contribution in [0, 0.1) is 12.7 Å². The van der Waals surface area contributed by atoms with Gasteiger partial charge in [-0.05, 0) is 53.2 Å².